The number of rotatable bonds is 3. The Morgan fingerprint density at radius 1 is 1.06 bits per heavy atom. The number of hydrogen-bond donors (Lipinski definition) is 0. The van der Waals surface area contributed by atoms with Crippen molar-refractivity contribution in [3.63, 3.8) is 0 Å². The van der Waals surface area contributed by atoms with Gasteiger partial charge in [0.1, 0.15) is 0 Å². The molecule has 0 unspecified atom stereocenters. The summed E-state index contributed by atoms with van der Waals surface area (Å²) >= 11 is 0.588. The van der Waals surface area contributed by atoms with Gasteiger partial charge in [-0.3, -0.25) is 0 Å². The van der Waals surface area contributed by atoms with Crippen LogP contribution in [0, 0.1) is 0 Å². The standard InChI is InChI=1S/C11H14F2S.C2H6/c1-8(2)9-4-6-10(7-5-9)14-11(3,12)13;1-2/h4-8H,1-3H3;1-2H3. The maximum atomic E-state index is 12.6. The zero-order valence-electron chi connectivity index (χ0n) is 10.6. The average molecular weight is 246 g/mol. The maximum absolute atomic E-state index is 12.6. The highest BCUT2D eigenvalue weighted by Crippen LogP contribution is 2.35. The third kappa shape index (κ3) is 6.11. The molecule has 3 heteroatoms. The van der Waals surface area contributed by atoms with Crippen molar-refractivity contribution in [2.75, 3.05) is 0 Å². The Kier molecular flexibility index (Phi) is 6.65. The van der Waals surface area contributed by atoms with Crippen molar-refractivity contribution in [3.05, 3.63) is 29.8 Å². The average Bonchev–Trinajstić information content (AvgIpc) is 2.19. The molecule has 0 N–H and O–H groups in total. The number of halogens is 2. The van der Waals surface area contributed by atoms with Gasteiger partial charge in [-0.2, -0.15) is 8.78 Å². The van der Waals surface area contributed by atoms with Gasteiger partial charge in [-0.15, -0.1) is 0 Å². The molecule has 92 valence electrons. The maximum Gasteiger partial charge on any atom is 0.295 e. The molecule has 0 amide bonds. The number of hydrogen-bond acceptors (Lipinski definition) is 1. The molecule has 0 saturated heterocycles. The Hall–Kier alpha value is -0.570. The molecular formula is C13H20F2S. The van der Waals surface area contributed by atoms with E-state index in [-0.39, 0.29) is 0 Å². The Labute approximate surface area is 101 Å². The SMILES string of the molecule is CC.CC(C)c1ccc(SC(C)(F)F)cc1. The lowest BCUT2D eigenvalue weighted by molar-refractivity contribution is 0.129. The zero-order valence-corrected chi connectivity index (χ0v) is 11.4. The van der Waals surface area contributed by atoms with Gasteiger partial charge in [0.15, 0.2) is 0 Å². The lowest BCUT2D eigenvalue weighted by atomic mass is 10.0. The summed E-state index contributed by atoms with van der Waals surface area (Å²) < 4.78 is 25.3. The molecule has 1 aromatic carbocycles. The van der Waals surface area contributed by atoms with E-state index < -0.39 is 5.25 Å². The fourth-order valence-corrected chi connectivity index (χ4v) is 1.81. The fourth-order valence-electron chi connectivity index (χ4n) is 1.13. The number of alkyl halides is 2. The van der Waals surface area contributed by atoms with Crippen LogP contribution in [-0.4, -0.2) is 5.25 Å². The Balaban J connectivity index is 0.00000106. The Morgan fingerprint density at radius 2 is 1.50 bits per heavy atom. The first kappa shape index (κ1) is 15.4. The fraction of sp³-hybridized carbons (Fsp3) is 0.538. The van der Waals surface area contributed by atoms with Crippen LogP contribution in [0.25, 0.3) is 0 Å². The van der Waals surface area contributed by atoms with Gasteiger partial charge in [-0.25, -0.2) is 0 Å². The van der Waals surface area contributed by atoms with Gasteiger partial charge in [-0.1, -0.05) is 51.6 Å². The second-order valence-electron chi connectivity index (χ2n) is 3.63. The highest BCUT2D eigenvalue weighted by atomic mass is 32.2. The van der Waals surface area contributed by atoms with Crippen LogP contribution in [0.4, 0.5) is 8.78 Å². The van der Waals surface area contributed by atoms with E-state index in [1.165, 1.54) is 5.56 Å². The highest BCUT2D eigenvalue weighted by molar-refractivity contribution is 8.00. The van der Waals surface area contributed by atoms with E-state index in [4.69, 9.17) is 0 Å². The van der Waals surface area contributed by atoms with Crippen LogP contribution < -0.4 is 0 Å². The minimum atomic E-state index is -2.70. The van der Waals surface area contributed by atoms with Crippen LogP contribution >= 0.6 is 11.8 Å². The molecule has 0 nitrogen and oxygen atoms in total. The minimum Gasteiger partial charge on any atom is -0.194 e. The van der Waals surface area contributed by atoms with E-state index >= 15 is 0 Å². The van der Waals surface area contributed by atoms with Crippen molar-refractivity contribution in [2.45, 2.75) is 50.7 Å². The van der Waals surface area contributed by atoms with E-state index in [2.05, 4.69) is 13.8 Å². The van der Waals surface area contributed by atoms with Crippen LogP contribution in [0.15, 0.2) is 29.2 Å². The summed E-state index contributed by atoms with van der Waals surface area (Å²) in [6.45, 7) is 9.07. The summed E-state index contributed by atoms with van der Waals surface area (Å²) in [5.41, 5.74) is 1.17. The summed E-state index contributed by atoms with van der Waals surface area (Å²) in [4.78, 5) is 0.613. The van der Waals surface area contributed by atoms with E-state index in [0.717, 1.165) is 6.92 Å². The van der Waals surface area contributed by atoms with Crippen LogP contribution in [0.1, 0.15) is 46.1 Å². The minimum absolute atomic E-state index is 0.441. The van der Waals surface area contributed by atoms with Crippen molar-refractivity contribution < 1.29 is 8.78 Å². The molecule has 0 aliphatic heterocycles. The van der Waals surface area contributed by atoms with Crippen LogP contribution in [0.2, 0.25) is 0 Å². The normalized spacial score (nSPS) is 11.0. The predicted molar refractivity (Wildman–Crippen MR) is 68.4 cm³/mol. The first-order valence-electron chi connectivity index (χ1n) is 5.55. The summed E-state index contributed by atoms with van der Waals surface area (Å²) in [5, 5.41) is -2.70. The van der Waals surface area contributed by atoms with E-state index in [9.17, 15) is 8.78 Å². The smallest absolute Gasteiger partial charge is 0.194 e. The van der Waals surface area contributed by atoms with Gasteiger partial charge in [0, 0.05) is 11.8 Å². The highest BCUT2D eigenvalue weighted by Gasteiger charge is 2.22. The van der Waals surface area contributed by atoms with Crippen LogP contribution in [-0.2, 0) is 0 Å². The topological polar surface area (TPSA) is 0 Å². The van der Waals surface area contributed by atoms with Gasteiger partial charge in [0.05, 0.1) is 0 Å². The van der Waals surface area contributed by atoms with Crippen molar-refractivity contribution in [3.8, 4) is 0 Å². The van der Waals surface area contributed by atoms with E-state index in [1.54, 1.807) is 12.1 Å². The molecule has 0 bridgehead atoms. The predicted octanol–water partition coefficient (Wildman–Crippen LogP) is 5.54. The summed E-state index contributed by atoms with van der Waals surface area (Å²) in [6.07, 6.45) is 0. The molecule has 0 aromatic heterocycles. The second-order valence-corrected chi connectivity index (χ2v) is 5.03. The van der Waals surface area contributed by atoms with Crippen molar-refractivity contribution in [1.82, 2.24) is 0 Å². The third-order valence-electron chi connectivity index (χ3n) is 1.84. The lowest BCUT2D eigenvalue weighted by Crippen LogP contribution is -2.01. The molecule has 0 aliphatic rings. The van der Waals surface area contributed by atoms with Crippen molar-refractivity contribution in [1.29, 1.82) is 0 Å². The molecular weight excluding hydrogens is 226 g/mol. The molecule has 0 atom stereocenters. The van der Waals surface area contributed by atoms with Crippen molar-refractivity contribution in [2.24, 2.45) is 0 Å². The first-order chi connectivity index (χ1) is 7.38. The molecule has 1 aromatic rings. The molecule has 0 spiro atoms. The van der Waals surface area contributed by atoms with E-state index in [0.29, 0.717) is 22.6 Å². The molecule has 0 fully saturated rings. The van der Waals surface area contributed by atoms with Gasteiger partial charge in [0.25, 0.3) is 5.25 Å². The molecule has 16 heavy (non-hydrogen) atoms. The summed E-state index contributed by atoms with van der Waals surface area (Å²) in [5.74, 6) is 0.441. The molecule has 0 aliphatic carbocycles. The molecule has 0 radical (unpaired) electrons. The number of thioether (sulfide) groups is 1. The van der Waals surface area contributed by atoms with Crippen LogP contribution in [0.3, 0.4) is 0 Å². The molecule has 1 rings (SSSR count). The molecule has 0 saturated carbocycles. The monoisotopic (exact) mass is 246 g/mol. The summed E-state index contributed by atoms with van der Waals surface area (Å²) in [7, 11) is 0. The van der Waals surface area contributed by atoms with Gasteiger partial charge < -0.3 is 0 Å². The quantitative estimate of drug-likeness (QED) is 0.631. The number of benzene rings is 1. The lowest BCUT2D eigenvalue weighted by Gasteiger charge is -2.10. The Morgan fingerprint density at radius 3 is 1.81 bits per heavy atom. The van der Waals surface area contributed by atoms with Gasteiger partial charge >= 0.3 is 0 Å². The first-order valence-corrected chi connectivity index (χ1v) is 6.37. The Bertz CT molecular complexity index is 286. The van der Waals surface area contributed by atoms with Crippen LogP contribution in [0.5, 0.6) is 0 Å². The van der Waals surface area contributed by atoms with Gasteiger partial charge in [-0.05, 0) is 23.6 Å². The zero-order chi connectivity index (χ0) is 12.8. The summed E-state index contributed by atoms with van der Waals surface area (Å²) in [6, 6.07) is 7.30. The molecule has 0 heterocycles. The second kappa shape index (κ2) is 6.89. The van der Waals surface area contributed by atoms with Gasteiger partial charge in [0.2, 0.25) is 0 Å². The van der Waals surface area contributed by atoms with E-state index in [1.807, 2.05) is 26.0 Å². The third-order valence-corrected chi connectivity index (χ3v) is 2.71. The van der Waals surface area contributed by atoms with Crippen molar-refractivity contribution >= 4 is 11.8 Å². The largest absolute Gasteiger partial charge is 0.295 e.